The standard InChI is InChI=1S/C29H41N5O4/c1-29(2,3)38-28(37)20-7-5-19(6-8-20)18-33-13-15-34(16-14-33)21-9-10-22-24(17-21)32(4)31-26(22)23-11-12-25(35)30-27(23)36/h9-10,17,19-20,23H,5-8,11-16,18H2,1-4H3,(H,30,35,36). The molecule has 3 aliphatic rings. The van der Waals surface area contributed by atoms with Crippen LogP contribution in [-0.2, 0) is 26.2 Å². The molecule has 0 spiro atoms. The summed E-state index contributed by atoms with van der Waals surface area (Å²) in [6.07, 6.45) is 4.91. The van der Waals surface area contributed by atoms with Crippen LogP contribution in [0.2, 0.25) is 0 Å². The fourth-order valence-electron chi connectivity index (χ4n) is 6.20. The number of ether oxygens (including phenoxy) is 1. The molecule has 1 saturated carbocycles. The highest BCUT2D eigenvalue weighted by atomic mass is 16.6. The number of hydrogen-bond acceptors (Lipinski definition) is 7. The second-order valence-electron chi connectivity index (χ2n) is 12.3. The van der Waals surface area contributed by atoms with Crippen molar-refractivity contribution in [2.45, 2.75) is 70.8 Å². The lowest BCUT2D eigenvalue weighted by molar-refractivity contribution is -0.161. The fraction of sp³-hybridized carbons (Fsp3) is 0.655. The van der Waals surface area contributed by atoms with Gasteiger partial charge in [0.15, 0.2) is 0 Å². The Morgan fingerprint density at radius 2 is 1.76 bits per heavy atom. The summed E-state index contributed by atoms with van der Waals surface area (Å²) >= 11 is 0. The zero-order valence-electron chi connectivity index (χ0n) is 23.2. The number of fused-ring (bicyclic) bond motifs is 1. The Balaban J connectivity index is 1.14. The molecule has 9 nitrogen and oxygen atoms in total. The summed E-state index contributed by atoms with van der Waals surface area (Å²) in [6.45, 7) is 10.9. The predicted octanol–water partition coefficient (Wildman–Crippen LogP) is 3.36. The van der Waals surface area contributed by atoms with Gasteiger partial charge in [-0.25, -0.2) is 0 Å². The number of carbonyl (C=O) groups is 3. The summed E-state index contributed by atoms with van der Waals surface area (Å²) in [4.78, 5) is 41.4. The SMILES string of the molecule is Cn1nc(C2CCC(=O)NC2=O)c2ccc(N3CCN(CC4CCC(C(=O)OC(C)(C)C)CC4)CC3)cc21. The highest BCUT2D eigenvalue weighted by Gasteiger charge is 2.33. The first-order chi connectivity index (χ1) is 18.1. The van der Waals surface area contributed by atoms with E-state index in [2.05, 4.69) is 38.4 Å². The first-order valence-corrected chi connectivity index (χ1v) is 14.1. The Morgan fingerprint density at radius 3 is 2.42 bits per heavy atom. The summed E-state index contributed by atoms with van der Waals surface area (Å²) in [5, 5.41) is 8.11. The number of esters is 1. The minimum Gasteiger partial charge on any atom is -0.460 e. The van der Waals surface area contributed by atoms with Crippen LogP contribution in [0.1, 0.15) is 70.9 Å². The van der Waals surface area contributed by atoms with E-state index in [0.29, 0.717) is 18.8 Å². The molecule has 2 aliphatic heterocycles. The largest absolute Gasteiger partial charge is 0.460 e. The van der Waals surface area contributed by atoms with E-state index < -0.39 is 5.60 Å². The molecule has 2 amide bonds. The Kier molecular flexibility index (Phi) is 7.49. The number of hydrogen-bond donors (Lipinski definition) is 1. The van der Waals surface area contributed by atoms with E-state index in [1.54, 1.807) is 0 Å². The second kappa shape index (κ2) is 10.7. The minimum atomic E-state index is -0.412. The second-order valence-corrected chi connectivity index (χ2v) is 12.3. The molecule has 1 aliphatic carbocycles. The van der Waals surface area contributed by atoms with Crippen molar-refractivity contribution in [2.24, 2.45) is 18.9 Å². The van der Waals surface area contributed by atoms with Gasteiger partial charge in [0.1, 0.15) is 5.60 Å². The molecule has 1 aromatic heterocycles. The number of piperidine rings is 1. The van der Waals surface area contributed by atoms with Crippen LogP contribution >= 0.6 is 0 Å². The Hall–Kier alpha value is -2.94. The number of anilines is 1. The van der Waals surface area contributed by atoms with Crippen LogP contribution < -0.4 is 10.2 Å². The highest BCUT2D eigenvalue weighted by molar-refractivity contribution is 6.02. The number of aromatic nitrogens is 2. The third-order valence-electron chi connectivity index (χ3n) is 8.27. The molecule has 2 aromatic rings. The summed E-state index contributed by atoms with van der Waals surface area (Å²) in [5.74, 6) is -0.165. The number of benzene rings is 1. The van der Waals surface area contributed by atoms with Gasteiger partial charge < -0.3 is 9.64 Å². The van der Waals surface area contributed by atoms with Crippen LogP contribution in [0.4, 0.5) is 5.69 Å². The first-order valence-electron chi connectivity index (χ1n) is 14.1. The zero-order valence-corrected chi connectivity index (χ0v) is 23.2. The van der Waals surface area contributed by atoms with E-state index in [4.69, 9.17) is 4.74 Å². The maximum atomic E-state index is 12.4. The van der Waals surface area contributed by atoms with Crippen LogP contribution in [0, 0.1) is 11.8 Å². The maximum Gasteiger partial charge on any atom is 0.309 e. The summed E-state index contributed by atoms with van der Waals surface area (Å²) in [7, 11) is 1.91. The van der Waals surface area contributed by atoms with E-state index >= 15 is 0 Å². The maximum absolute atomic E-state index is 12.4. The van der Waals surface area contributed by atoms with Gasteiger partial charge in [-0.1, -0.05) is 0 Å². The summed E-state index contributed by atoms with van der Waals surface area (Å²) in [5.41, 5.74) is 2.52. The van der Waals surface area contributed by atoms with Crippen LogP contribution in [0.25, 0.3) is 10.9 Å². The Bertz CT molecular complexity index is 1200. The van der Waals surface area contributed by atoms with Gasteiger partial charge in [-0.3, -0.25) is 29.3 Å². The van der Waals surface area contributed by atoms with E-state index in [0.717, 1.165) is 75.0 Å². The van der Waals surface area contributed by atoms with Gasteiger partial charge in [0.25, 0.3) is 0 Å². The van der Waals surface area contributed by atoms with Crippen molar-refractivity contribution < 1.29 is 19.1 Å². The molecule has 3 heterocycles. The van der Waals surface area contributed by atoms with Crippen LogP contribution in [-0.4, -0.2) is 70.8 Å². The molecule has 3 fully saturated rings. The molecule has 9 heteroatoms. The molecule has 0 radical (unpaired) electrons. The quantitative estimate of drug-likeness (QED) is 0.474. The van der Waals surface area contributed by atoms with Gasteiger partial charge >= 0.3 is 5.97 Å². The molecule has 2 saturated heterocycles. The van der Waals surface area contributed by atoms with Gasteiger partial charge in [0.05, 0.1) is 23.0 Å². The summed E-state index contributed by atoms with van der Waals surface area (Å²) in [6, 6.07) is 6.38. The molecular formula is C29H41N5O4. The van der Waals surface area contributed by atoms with E-state index in [9.17, 15) is 14.4 Å². The van der Waals surface area contributed by atoms with Gasteiger partial charge in [-0.05, 0) is 77.0 Å². The molecule has 206 valence electrons. The van der Waals surface area contributed by atoms with Crippen LogP contribution in [0.3, 0.4) is 0 Å². The van der Waals surface area contributed by atoms with E-state index in [1.807, 2.05) is 32.5 Å². The lowest BCUT2D eigenvalue weighted by atomic mass is 9.81. The Labute approximate surface area is 224 Å². The number of rotatable bonds is 5. The molecular weight excluding hydrogens is 482 g/mol. The van der Waals surface area contributed by atoms with Crippen molar-refractivity contribution in [3.05, 3.63) is 23.9 Å². The molecule has 1 N–H and O–H groups in total. The smallest absolute Gasteiger partial charge is 0.309 e. The molecule has 1 unspecified atom stereocenters. The molecule has 5 rings (SSSR count). The number of nitrogens with one attached hydrogen (secondary N) is 1. The lowest BCUT2D eigenvalue weighted by Crippen LogP contribution is -2.48. The molecule has 1 atom stereocenters. The van der Waals surface area contributed by atoms with E-state index in [1.165, 1.54) is 5.69 Å². The van der Waals surface area contributed by atoms with Crippen molar-refractivity contribution in [3.8, 4) is 0 Å². The van der Waals surface area contributed by atoms with Gasteiger partial charge in [0.2, 0.25) is 11.8 Å². The third kappa shape index (κ3) is 5.87. The normalized spacial score (nSPS) is 25.5. The number of aryl methyl sites for hydroxylation is 1. The van der Waals surface area contributed by atoms with Gasteiger partial charge in [0, 0.05) is 57.3 Å². The number of piperazine rings is 1. The topological polar surface area (TPSA) is 96.8 Å². The number of amides is 2. The Morgan fingerprint density at radius 1 is 1.05 bits per heavy atom. The summed E-state index contributed by atoms with van der Waals surface area (Å²) < 4.78 is 7.45. The molecule has 0 bridgehead atoms. The number of imide groups is 1. The number of carbonyl (C=O) groups excluding carboxylic acids is 3. The van der Waals surface area contributed by atoms with Crippen molar-refractivity contribution >= 4 is 34.4 Å². The van der Waals surface area contributed by atoms with Gasteiger partial charge in [-0.15, -0.1) is 0 Å². The van der Waals surface area contributed by atoms with Gasteiger partial charge in [-0.2, -0.15) is 5.10 Å². The average molecular weight is 524 g/mol. The zero-order chi connectivity index (χ0) is 27.0. The van der Waals surface area contributed by atoms with Crippen molar-refractivity contribution in [2.75, 3.05) is 37.6 Å². The van der Waals surface area contributed by atoms with Crippen LogP contribution in [0.15, 0.2) is 18.2 Å². The highest BCUT2D eigenvalue weighted by Crippen LogP contribution is 2.34. The monoisotopic (exact) mass is 523 g/mol. The predicted molar refractivity (Wildman–Crippen MR) is 146 cm³/mol. The third-order valence-corrected chi connectivity index (χ3v) is 8.27. The van der Waals surface area contributed by atoms with Crippen molar-refractivity contribution in [1.29, 1.82) is 0 Å². The fourth-order valence-corrected chi connectivity index (χ4v) is 6.20. The van der Waals surface area contributed by atoms with Crippen molar-refractivity contribution in [1.82, 2.24) is 20.0 Å². The van der Waals surface area contributed by atoms with Crippen LogP contribution in [0.5, 0.6) is 0 Å². The minimum absolute atomic E-state index is 0.0285. The first kappa shape index (κ1) is 26.7. The molecule has 38 heavy (non-hydrogen) atoms. The van der Waals surface area contributed by atoms with E-state index in [-0.39, 0.29) is 29.6 Å². The molecule has 1 aromatic carbocycles. The number of nitrogens with zero attached hydrogens (tertiary/aromatic N) is 4. The lowest BCUT2D eigenvalue weighted by Gasteiger charge is -2.39. The average Bonchev–Trinajstić information content (AvgIpc) is 3.19. The van der Waals surface area contributed by atoms with Crippen molar-refractivity contribution in [3.63, 3.8) is 0 Å².